The van der Waals surface area contributed by atoms with Gasteiger partial charge in [-0.2, -0.15) is 0 Å². The van der Waals surface area contributed by atoms with E-state index >= 15 is 0 Å². The van der Waals surface area contributed by atoms with Crippen LogP contribution in [0.2, 0.25) is 0 Å². The van der Waals surface area contributed by atoms with E-state index in [1.807, 2.05) is 0 Å². The Labute approximate surface area is 92.8 Å². The molecule has 1 fully saturated rings. The predicted octanol–water partition coefficient (Wildman–Crippen LogP) is 0.187. The molecule has 1 rings (SSSR count). The van der Waals surface area contributed by atoms with Crippen LogP contribution in [0.5, 0.6) is 0 Å². The summed E-state index contributed by atoms with van der Waals surface area (Å²) in [5.41, 5.74) is 0. The van der Waals surface area contributed by atoms with Gasteiger partial charge in [0, 0.05) is 20.3 Å². The number of cyclic esters (lactones) is 1. The summed E-state index contributed by atoms with van der Waals surface area (Å²) in [7, 11) is 0. The van der Waals surface area contributed by atoms with Crippen LogP contribution in [-0.2, 0) is 28.6 Å². The van der Waals surface area contributed by atoms with Gasteiger partial charge in [0.2, 0.25) is 0 Å². The molecule has 1 aliphatic heterocycles. The first kappa shape index (κ1) is 12.5. The van der Waals surface area contributed by atoms with E-state index < -0.39 is 24.1 Å². The lowest BCUT2D eigenvalue weighted by molar-refractivity contribution is -0.168. The highest BCUT2D eigenvalue weighted by molar-refractivity contribution is 5.72. The highest BCUT2D eigenvalue weighted by atomic mass is 16.6. The first-order valence-electron chi connectivity index (χ1n) is 4.99. The molecule has 2 atom stereocenters. The maximum Gasteiger partial charge on any atom is 0.306 e. The molecule has 0 aromatic heterocycles. The van der Waals surface area contributed by atoms with Gasteiger partial charge in [-0.1, -0.05) is 0 Å². The SMILES string of the molecule is CC(=O)OC[C@H](OC(C)=O)[C@@H]1CCC(=O)O1. The Balaban J connectivity index is 2.52. The monoisotopic (exact) mass is 230 g/mol. The van der Waals surface area contributed by atoms with Crippen LogP contribution >= 0.6 is 0 Å². The molecule has 0 aromatic carbocycles. The Kier molecular flexibility index (Phi) is 4.28. The van der Waals surface area contributed by atoms with E-state index in [9.17, 15) is 14.4 Å². The van der Waals surface area contributed by atoms with Crippen molar-refractivity contribution in [3.05, 3.63) is 0 Å². The normalized spacial score (nSPS) is 21.1. The van der Waals surface area contributed by atoms with Crippen LogP contribution in [0, 0.1) is 0 Å². The number of rotatable bonds is 4. The maximum absolute atomic E-state index is 10.9. The molecule has 1 heterocycles. The van der Waals surface area contributed by atoms with Crippen LogP contribution in [0.15, 0.2) is 0 Å². The van der Waals surface area contributed by atoms with E-state index in [1.54, 1.807) is 0 Å². The second kappa shape index (κ2) is 5.48. The summed E-state index contributed by atoms with van der Waals surface area (Å²) in [6.07, 6.45) is -0.468. The lowest BCUT2D eigenvalue weighted by Gasteiger charge is -2.21. The van der Waals surface area contributed by atoms with Crippen molar-refractivity contribution in [2.45, 2.75) is 38.9 Å². The van der Waals surface area contributed by atoms with Gasteiger partial charge in [0.15, 0.2) is 6.10 Å². The average molecular weight is 230 g/mol. The molecule has 6 heteroatoms. The van der Waals surface area contributed by atoms with Crippen LogP contribution in [0.25, 0.3) is 0 Å². The van der Waals surface area contributed by atoms with E-state index in [2.05, 4.69) is 0 Å². The van der Waals surface area contributed by atoms with E-state index in [1.165, 1.54) is 13.8 Å². The topological polar surface area (TPSA) is 78.9 Å². The summed E-state index contributed by atoms with van der Waals surface area (Å²) in [4.78, 5) is 32.4. The third-order valence-corrected chi connectivity index (χ3v) is 2.10. The fourth-order valence-corrected chi connectivity index (χ4v) is 1.44. The fourth-order valence-electron chi connectivity index (χ4n) is 1.44. The molecule has 0 aromatic rings. The molecule has 0 aliphatic carbocycles. The third-order valence-electron chi connectivity index (χ3n) is 2.10. The van der Waals surface area contributed by atoms with Crippen LogP contribution < -0.4 is 0 Å². The van der Waals surface area contributed by atoms with Gasteiger partial charge in [-0.15, -0.1) is 0 Å². The van der Waals surface area contributed by atoms with Crippen molar-refractivity contribution in [1.29, 1.82) is 0 Å². The second-order valence-corrected chi connectivity index (χ2v) is 3.52. The third kappa shape index (κ3) is 3.88. The summed E-state index contributed by atoms with van der Waals surface area (Å²) in [6.45, 7) is 2.41. The summed E-state index contributed by atoms with van der Waals surface area (Å²) in [5.74, 6) is -1.30. The number of carbonyl (C=O) groups is 3. The van der Waals surface area contributed by atoms with Crippen LogP contribution in [0.3, 0.4) is 0 Å². The molecule has 0 bridgehead atoms. The number of ether oxygens (including phenoxy) is 3. The van der Waals surface area contributed by atoms with Gasteiger partial charge in [0.25, 0.3) is 0 Å². The zero-order chi connectivity index (χ0) is 12.1. The molecular formula is C10H14O6. The number of esters is 3. The van der Waals surface area contributed by atoms with Crippen molar-refractivity contribution in [2.75, 3.05) is 6.61 Å². The number of hydrogen-bond donors (Lipinski definition) is 0. The van der Waals surface area contributed by atoms with Gasteiger partial charge in [0.1, 0.15) is 12.7 Å². The first-order valence-corrected chi connectivity index (χ1v) is 4.99. The average Bonchev–Trinajstić information content (AvgIpc) is 2.58. The van der Waals surface area contributed by atoms with Crippen LogP contribution in [-0.4, -0.2) is 36.7 Å². The Morgan fingerprint density at radius 2 is 2.12 bits per heavy atom. The Morgan fingerprint density at radius 3 is 2.56 bits per heavy atom. The quantitative estimate of drug-likeness (QED) is 0.506. The van der Waals surface area contributed by atoms with Gasteiger partial charge >= 0.3 is 17.9 Å². The van der Waals surface area contributed by atoms with E-state index in [0.717, 1.165) is 0 Å². The molecule has 0 saturated carbocycles. The van der Waals surface area contributed by atoms with Crippen molar-refractivity contribution in [3.63, 3.8) is 0 Å². The lowest BCUT2D eigenvalue weighted by atomic mass is 10.1. The molecule has 0 amide bonds. The van der Waals surface area contributed by atoms with Crippen LogP contribution in [0.4, 0.5) is 0 Å². The minimum absolute atomic E-state index is 0.0904. The standard InChI is InChI=1S/C10H14O6/c1-6(11)14-5-9(15-7(2)12)8-3-4-10(13)16-8/h8-9H,3-5H2,1-2H3/t8-,9-/m0/s1. The summed E-state index contributed by atoms with van der Waals surface area (Å²) in [5, 5.41) is 0. The molecule has 0 radical (unpaired) electrons. The zero-order valence-electron chi connectivity index (χ0n) is 9.23. The lowest BCUT2D eigenvalue weighted by Crippen LogP contribution is -2.35. The molecule has 0 N–H and O–H groups in total. The summed E-state index contributed by atoms with van der Waals surface area (Å²) in [6, 6.07) is 0. The maximum atomic E-state index is 10.9. The molecule has 0 spiro atoms. The van der Waals surface area contributed by atoms with Crippen LogP contribution in [0.1, 0.15) is 26.7 Å². The highest BCUT2D eigenvalue weighted by Crippen LogP contribution is 2.19. The van der Waals surface area contributed by atoms with E-state index in [-0.39, 0.29) is 12.6 Å². The smallest absolute Gasteiger partial charge is 0.306 e. The number of carbonyl (C=O) groups excluding carboxylic acids is 3. The van der Waals surface area contributed by atoms with Crippen molar-refractivity contribution in [1.82, 2.24) is 0 Å². The summed E-state index contributed by atoms with van der Waals surface area (Å²) < 4.78 is 14.6. The molecule has 6 nitrogen and oxygen atoms in total. The number of hydrogen-bond acceptors (Lipinski definition) is 6. The van der Waals surface area contributed by atoms with Gasteiger partial charge in [-0.05, 0) is 6.42 Å². The Bertz CT molecular complexity index is 298. The van der Waals surface area contributed by atoms with Crippen molar-refractivity contribution >= 4 is 17.9 Å². The van der Waals surface area contributed by atoms with Crippen molar-refractivity contribution < 1.29 is 28.6 Å². The minimum Gasteiger partial charge on any atom is -0.462 e. The second-order valence-electron chi connectivity index (χ2n) is 3.52. The molecule has 16 heavy (non-hydrogen) atoms. The molecule has 1 aliphatic rings. The molecular weight excluding hydrogens is 216 g/mol. The van der Waals surface area contributed by atoms with Gasteiger partial charge in [-0.3, -0.25) is 14.4 Å². The Morgan fingerprint density at radius 1 is 1.44 bits per heavy atom. The summed E-state index contributed by atoms with van der Waals surface area (Å²) >= 11 is 0. The first-order chi connectivity index (χ1) is 7.49. The molecule has 90 valence electrons. The van der Waals surface area contributed by atoms with Gasteiger partial charge < -0.3 is 14.2 Å². The van der Waals surface area contributed by atoms with Crippen molar-refractivity contribution in [2.24, 2.45) is 0 Å². The zero-order valence-corrected chi connectivity index (χ0v) is 9.23. The molecule has 1 saturated heterocycles. The highest BCUT2D eigenvalue weighted by Gasteiger charge is 2.33. The fraction of sp³-hybridized carbons (Fsp3) is 0.700. The Hall–Kier alpha value is -1.59. The van der Waals surface area contributed by atoms with Crippen molar-refractivity contribution in [3.8, 4) is 0 Å². The van der Waals surface area contributed by atoms with Gasteiger partial charge in [-0.25, -0.2) is 0 Å². The minimum atomic E-state index is -0.715. The molecule has 0 unspecified atom stereocenters. The van der Waals surface area contributed by atoms with Gasteiger partial charge in [0.05, 0.1) is 0 Å². The largest absolute Gasteiger partial charge is 0.462 e. The van der Waals surface area contributed by atoms with E-state index in [0.29, 0.717) is 12.8 Å². The van der Waals surface area contributed by atoms with E-state index in [4.69, 9.17) is 14.2 Å². The predicted molar refractivity (Wildman–Crippen MR) is 51.3 cm³/mol.